The molecule has 0 atom stereocenters. The second-order valence-corrected chi connectivity index (χ2v) is 7.53. The molecule has 2 aromatic rings. The van der Waals surface area contributed by atoms with Crippen molar-refractivity contribution in [1.29, 1.82) is 0 Å². The van der Waals surface area contributed by atoms with Crippen LogP contribution in [0.1, 0.15) is 21.5 Å². The third kappa shape index (κ3) is 6.52. The molecular formula is C19H21ClN2O2S2. The molecule has 0 spiro atoms. The van der Waals surface area contributed by atoms with E-state index in [0.717, 1.165) is 34.3 Å². The fourth-order valence-corrected chi connectivity index (χ4v) is 3.33. The van der Waals surface area contributed by atoms with E-state index in [1.807, 2.05) is 49.0 Å². The molecule has 0 aliphatic heterocycles. The molecule has 7 heteroatoms. The molecule has 0 radical (unpaired) electrons. The van der Waals surface area contributed by atoms with Gasteiger partial charge in [-0.05, 0) is 54.5 Å². The Bertz CT molecular complexity index is 767. The Morgan fingerprint density at radius 3 is 2.65 bits per heavy atom. The Labute approximate surface area is 168 Å². The Morgan fingerprint density at radius 2 is 1.96 bits per heavy atom. The van der Waals surface area contributed by atoms with Crippen molar-refractivity contribution in [2.75, 3.05) is 24.7 Å². The van der Waals surface area contributed by atoms with Crippen molar-refractivity contribution in [3.63, 3.8) is 0 Å². The molecule has 0 aliphatic carbocycles. The minimum Gasteiger partial charge on any atom is -0.465 e. The molecule has 0 unspecified atom stereocenters. The zero-order chi connectivity index (χ0) is 18.9. The third-order valence-electron chi connectivity index (χ3n) is 3.62. The van der Waals surface area contributed by atoms with E-state index in [2.05, 4.69) is 10.6 Å². The van der Waals surface area contributed by atoms with Crippen LogP contribution in [0.25, 0.3) is 0 Å². The fourth-order valence-electron chi connectivity index (χ4n) is 2.18. The number of anilines is 1. The topological polar surface area (TPSA) is 50.4 Å². The van der Waals surface area contributed by atoms with Crippen LogP contribution in [-0.2, 0) is 10.5 Å². The van der Waals surface area contributed by atoms with Gasteiger partial charge in [0, 0.05) is 28.8 Å². The Balaban J connectivity index is 1.75. The molecule has 0 fully saturated rings. The van der Waals surface area contributed by atoms with Crippen LogP contribution in [0.3, 0.4) is 0 Å². The number of thioether (sulfide) groups is 1. The molecule has 2 rings (SSSR count). The Morgan fingerprint density at radius 1 is 1.23 bits per heavy atom. The van der Waals surface area contributed by atoms with Gasteiger partial charge in [-0.25, -0.2) is 4.79 Å². The highest BCUT2D eigenvalue weighted by Gasteiger charge is 2.08. The molecule has 2 N–H and O–H groups in total. The van der Waals surface area contributed by atoms with E-state index in [1.54, 1.807) is 12.1 Å². The number of methoxy groups -OCH3 is 1. The van der Waals surface area contributed by atoms with E-state index in [9.17, 15) is 4.79 Å². The molecule has 0 saturated heterocycles. The molecule has 26 heavy (non-hydrogen) atoms. The van der Waals surface area contributed by atoms with Crippen LogP contribution in [0.5, 0.6) is 0 Å². The predicted molar refractivity (Wildman–Crippen MR) is 114 cm³/mol. The lowest BCUT2D eigenvalue weighted by atomic mass is 10.1. The van der Waals surface area contributed by atoms with Crippen molar-refractivity contribution in [3.05, 3.63) is 64.2 Å². The highest BCUT2D eigenvalue weighted by molar-refractivity contribution is 7.98. The van der Waals surface area contributed by atoms with E-state index >= 15 is 0 Å². The summed E-state index contributed by atoms with van der Waals surface area (Å²) in [6.07, 6.45) is 0. The summed E-state index contributed by atoms with van der Waals surface area (Å²) in [7, 11) is 1.36. The minimum atomic E-state index is -0.370. The molecule has 0 heterocycles. The normalized spacial score (nSPS) is 10.3. The van der Waals surface area contributed by atoms with Crippen molar-refractivity contribution in [3.8, 4) is 0 Å². The largest absolute Gasteiger partial charge is 0.465 e. The number of halogens is 1. The van der Waals surface area contributed by atoms with Gasteiger partial charge < -0.3 is 15.4 Å². The van der Waals surface area contributed by atoms with E-state index in [0.29, 0.717) is 10.7 Å². The summed E-state index contributed by atoms with van der Waals surface area (Å²) in [6.45, 7) is 2.70. The maximum Gasteiger partial charge on any atom is 0.337 e. The Hall–Kier alpha value is -1.76. The smallest absolute Gasteiger partial charge is 0.337 e. The monoisotopic (exact) mass is 408 g/mol. The average Bonchev–Trinajstić information content (AvgIpc) is 2.64. The highest BCUT2D eigenvalue weighted by Crippen LogP contribution is 2.18. The maximum atomic E-state index is 11.6. The van der Waals surface area contributed by atoms with Crippen LogP contribution in [0.4, 0.5) is 5.69 Å². The van der Waals surface area contributed by atoms with Gasteiger partial charge in [0.25, 0.3) is 0 Å². The van der Waals surface area contributed by atoms with E-state index in [1.165, 1.54) is 12.7 Å². The molecule has 0 aliphatic rings. The molecular weight excluding hydrogens is 388 g/mol. The van der Waals surface area contributed by atoms with Crippen LogP contribution in [0.2, 0.25) is 5.02 Å². The fraction of sp³-hybridized carbons (Fsp3) is 0.263. The lowest BCUT2D eigenvalue weighted by Crippen LogP contribution is -2.30. The number of carbonyl (C=O) groups excluding carboxylic acids is 1. The van der Waals surface area contributed by atoms with Crippen LogP contribution in [0.15, 0.2) is 42.5 Å². The number of aryl methyl sites for hydroxylation is 1. The molecule has 2 aromatic carbocycles. The van der Waals surface area contributed by atoms with E-state index in [-0.39, 0.29) is 5.97 Å². The van der Waals surface area contributed by atoms with Gasteiger partial charge in [-0.3, -0.25) is 0 Å². The van der Waals surface area contributed by atoms with Crippen molar-refractivity contribution in [1.82, 2.24) is 5.32 Å². The second kappa shape index (κ2) is 10.4. The van der Waals surface area contributed by atoms with Gasteiger partial charge in [0.1, 0.15) is 0 Å². The van der Waals surface area contributed by atoms with Crippen molar-refractivity contribution >= 4 is 52.3 Å². The predicted octanol–water partition coefficient (Wildman–Crippen LogP) is 4.65. The van der Waals surface area contributed by atoms with Crippen molar-refractivity contribution in [2.45, 2.75) is 12.7 Å². The van der Waals surface area contributed by atoms with Gasteiger partial charge in [0.2, 0.25) is 0 Å². The molecule has 0 amide bonds. The van der Waals surface area contributed by atoms with Crippen LogP contribution >= 0.6 is 35.6 Å². The SMILES string of the molecule is COC(=O)c1ccc(C)c(NC(=S)NCCSCc2ccc(Cl)cc2)c1. The summed E-state index contributed by atoms with van der Waals surface area (Å²) in [5, 5.41) is 7.59. The van der Waals surface area contributed by atoms with Gasteiger partial charge in [-0.15, -0.1) is 0 Å². The second-order valence-electron chi connectivity index (χ2n) is 5.58. The minimum absolute atomic E-state index is 0.370. The summed E-state index contributed by atoms with van der Waals surface area (Å²) in [5.74, 6) is 1.48. The number of esters is 1. The molecule has 0 bridgehead atoms. The standard InChI is InChI=1S/C19H21ClN2O2S2/c1-13-3-6-15(18(23)24-2)11-17(13)22-19(25)21-9-10-26-12-14-4-7-16(20)8-5-14/h3-8,11H,9-10,12H2,1-2H3,(H2,21,22,25). The zero-order valence-corrected chi connectivity index (χ0v) is 17.1. The number of ether oxygens (including phenoxy) is 1. The third-order valence-corrected chi connectivity index (χ3v) is 5.15. The highest BCUT2D eigenvalue weighted by atomic mass is 35.5. The van der Waals surface area contributed by atoms with E-state index < -0.39 is 0 Å². The number of nitrogens with one attached hydrogen (secondary N) is 2. The van der Waals surface area contributed by atoms with Crippen LogP contribution in [-0.4, -0.2) is 30.5 Å². The lowest BCUT2D eigenvalue weighted by Gasteiger charge is -2.13. The summed E-state index contributed by atoms with van der Waals surface area (Å²) >= 11 is 13.0. The number of carbonyl (C=O) groups is 1. The number of benzene rings is 2. The van der Waals surface area contributed by atoms with Gasteiger partial charge in [0.05, 0.1) is 12.7 Å². The molecule has 138 valence electrons. The Kier molecular flexibility index (Phi) is 8.22. The number of hydrogen-bond donors (Lipinski definition) is 2. The number of rotatable bonds is 7. The summed E-state index contributed by atoms with van der Waals surface area (Å²) in [6, 6.07) is 13.2. The van der Waals surface area contributed by atoms with Gasteiger partial charge >= 0.3 is 5.97 Å². The lowest BCUT2D eigenvalue weighted by molar-refractivity contribution is 0.0601. The first-order valence-corrected chi connectivity index (χ1v) is 9.99. The number of hydrogen-bond acceptors (Lipinski definition) is 4. The first kappa shape index (κ1) is 20.6. The quantitative estimate of drug-likeness (QED) is 0.395. The van der Waals surface area contributed by atoms with Gasteiger partial charge in [-0.1, -0.05) is 29.8 Å². The molecule has 0 saturated carbocycles. The molecule has 4 nitrogen and oxygen atoms in total. The summed E-state index contributed by atoms with van der Waals surface area (Å²) < 4.78 is 4.75. The van der Waals surface area contributed by atoms with Crippen molar-refractivity contribution < 1.29 is 9.53 Å². The molecule has 0 aromatic heterocycles. The van der Waals surface area contributed by atoms with Gasteiger partial charge in [0.15, 0.2) is 5.11 Å². The zero-order valence-electron chi connectivity index (χ0n) is 14.7. The summed E-state index contributed by atoms with van der Waals surface area (Å²) in [5.41, 5.74) is 3.52. The van der Waals surface area contributed by atoms with Crippen molar-refractivity contribution in [2.24, 2.45) is 0 Å². The number of thiocarbonyl (C=S) groups is 1. The first-order chi connectivity index (χ1) is 12.5. The van der Waals surface area contributed by atoms with E-state index in [4.69, 9.17) is 28.6 Å². The summed E-state index contributed by atoms with van der Waals surface area (Å²) in [4.78, 5) is 11.6. The van der Waals surface area contributed by atoms with Gasteiger partial charge in [-0.2, -0.15) is 11.8 Å². The van der Waals surface area contributed by atoms with Crippen LogP contribution in [0, 0.1) is 6.92 Å². The maximum absolute atomic E-state index is 11.6. The average molecular weight is 409 g/mol. The van der Waals surface area contributed by atoms with Crippen LogP contribution < -0.4 is 10.6 Å². The first-order valence-electron chi connectivity index (χ1n) is 8.05.